The Morgan fingerprint density at radius 1 is 1.27 bits per heavy atom. The molecule has 2 nitrogen and oxygen atoms in total. The van der Waals surface area contributed by atoms with Gasteiger partial charge in [0, 0.05) is 11.1 Å². The molecule has 0 aromatic heterocycles. The first-order chi connectivity index (χ1) is 6.73. The molecule has 0 saturated heterocycles. The molecule has 0 bridgehead atoms. The molecular weight excluding hydrogens is 186 g/mol. The number of phenolic OH excluding ortho intramolecular Hbond substituents is 1. The highest BCUT2D eigenvalue weighted by molar-refractivity contribution is 5.45. The SMILES string of the molecule is Cc1cc(O)c(C(C)(C)N)cc1C(C)C. The predicted molar refractivity (Wildman–Crippen MR) is 64.1 cm³/mol. The van der Waals surface area contributed by atoms with E-state index in [0.717, 1.165) is 11.1 Å². The van der Waals surface area contributed by atoms with Gasteiger partial charge < -0.3 is 10.8 Å². The topological polar surface area (TPSA) is 46.2 Å². The maximum absolute atomic E-state index is 9.85. The normalized spacial score (nSPS) is 12.2. The van der Waals surface area contributed by atoms with Crippen molar-refractivity contribution in [2.75, 3.05) is 0 Å². The molecule has 0 heterocycles. The summed E-state index contributed by atoms with van der Waals surface area (Å²) in [5.41, 5.74) is 8.71. The minimum absolute atomic E-state index is 0.296. The van der Waals surface area contributed by atoms with Gasteiger partial charge in [-0.1, -0.05) is 13.8 Å². The number of nitrogens with two attached hydrogens (primary N) is 1. The number of rotatable bonds is 2. The monoisotopic (exact) mass is 207 g/mol. The van der Waals surface area contributed by atoms with Gasteiger partial charge in [0.05, 0.1) is 0 Å². The minimum Gasteiger partial charge on any atom is -0.508 e. The fourth-order valence-electron chi connectivity index (χ4n) is 1.85. The summed E-state index contributed by atoms with van der Waals surface area (Å²) in [7, 11) is 0. The Labute approximate surface area is 92.1 Å². The second-order valence-electron chi connectivity index (χ2n) is 5.10. The van der Waals surface area contributed by atoms with E-state index < -0.39 is 5.54 Å². The molecule has 0 fully saturated rings. The summed E-state index contributed by atoms with van der Waals surface area (Å²) in [5, 5.41) is 9.85. The van der Waals surface area contributed by atoms with E-state index in [1.807, 2.05) is 26.8 Å². The minimum atomic E-state index is -0.499. The van der Waals surface area contributed by atoms with E-state index in [2.05, 4.69) is 13.8 Å². The van der Waals surface area contributed by atoms with Crippen LogP contribution in [0, 0.1) is 6.92 Å². The van der Waals surface area contributed by atoms with E-state index in [-0.39, 0.29) is 0 Å². The molecule has 0 radical (unpaired) electrons. The molecule has 0 amide bonds. The number of hydrogen-bond acceptors (Lipinski definition) is 2. The van der Waals surface area contributed by atoms with E-state index >= 15 is 0 Å². The molecule has 0 atom stereocenters. The van der Waals surface area contributed by atoms with Crippen LogP contribution in [-0.2, 0) is 5.54 Å². The lowest BCUT2D eigenvalue weighted by molar-refractivity contribution is 0.439. The van der Waals surface area contributed by atoms with Crippen molar-refractivity contribution in [2.24, 2.45) is 5.73 Å². The molecule has 0 spiro atoms. The van der Waals surface area contributed by atoms with Gasteiger partial charge in [-0.2, -0.15) is 0 Å². The number of phenols is 1. The largest absolute Gasteiger partial charge is 0.508 e. The van der Waals surface area contributed by atoms with Gasteiger partial charge in [-0.15, -0.1) is 0 Å². The van der Waals surface area contributed by atoms with Gasteiger partial charge in [0.15, 0.2) is 0 Å². The van der Waals surface area contributed by atoms with Gasteiger partial charge in [0.2, 0.25) is 0 Å². The predicted octanol–water partition coefficient (Wildman–Crippen LogP) is 3.02. The second-order valence-corrected chi connectivity index (χ2v) is 5.10. The van der Waals surface area contributed by atoms with Crippen molar-refractivity contribution < 1.29 is 5.11 Å². The Kier molecular flexibility index (Phi) is 3.10. The van der Waals surface area contributed by atoms with E-state index in [4.69, 9.17) is 5.73 Å². The molecule has 0 aliphatic heterocycles. The van der Waals surface area contributed by atoms with Crippen molar-refractivity contribution >= 4 is 0 Å². The van der Waals surface area contributed by atoms with Gasteiger partial charge in [-0.3, -0.25) is 0 Å². The number of aromatic hydroxyl groups is 1. The summed E-state index contributed by atoms with van der Waals surface area (Å²) in [6.45, 7) is 10.1. The molecule has 0 aliphatic rings. The smallest absolute Gasteiger partial charge is 0.120 e. The quantitative estimate of drug-likeness (QED) is 0.783. The maximum atomic E-state index is 9.85. The summed E-state index contributed by atoms with van der Waals surface area (Å²) in [6, 6.07) is 3.83. The van der Waals surface area contributed by atoms with Crippen LogP contribution in [0.1, 0.15) is 50.3 Å². The van der Waals surface area contributed by atoms with Crippen LogP contribution in [0.4, 0.5) is 0 Å². The molecule has 1 aromatic carbocycles. The fourth-order valence-corrected chi connectivity index (χ4v) is 1.85. The Bertz CT molecular complexity index is 362. The summed E-state index contributed by atoms with van der Waals surface area (Å²) in [6.07, 6.45) is 0. The highest BCUT2D eigenvalue weighted by atomic mass is 16.3. The lowest BCUT2D eigenvalue weighted by Crippen LogP contribution is -2.29. The average Bonchev–Trinajstić information content (AvgIpc) is 2.00. The highest BCUT2D eigenvalue weighted by Crippen LogP contribution is 2.32. The molecule has 0 aliphatic carbocycles. The van der Waals surface area contributed by atoms with Gasteiger partial charge in [-0.25, -0.2) is 0 Å². The van der Waals surface area contributed by atoms with Gasteiger partial charge >= 0.3 is 0 Å². The van der Waals surface area contributed by atoms with Gasteiger partial charge in [-0.05, 0) is 49.9 Å². The third kappa shape index (κ3) is 2.51. The van der Waals surface area contributed by atoms with Crippen LogP contribution in [0.15, 0.2) is 12.1 Å². The average molecular weight is 207 g/mol. The molecular formula is C13H21NO. The molecule has 1 aromatic rings. The molecule has 2 heteroatoms. The zero-order chi connectivity index (χ0) is 11.8. The van der Waals surface area contributed by atoms with Crippen LogP contribution >= 0.6 is 0 Å². The zero-order valence-electron chi connectivity index (χ0n) is 10.3. The highest BCUT2D eigenvalue weighted by Gasteiger charge is 2.20. The third-order valence-electron chi connectivity index (χ3n) is 2.70. The first kappa shape index (κ1) is 12.1. The summed E-state index contributed by atoms with van der Waals surface area (Å²) < 4.78 is 0. The number of aryl methyl sites for hydroxylation is 1. The number of hydrogen-bond donors (Lipinski definition) is 2. The van der Waals surface area contributed by atoms with Crippen LogP contribution < -0.4 is 5.73 Å². The lowest BCUT2D eigenvalue weighted by Gasteiger charge is -2.23. The Balaban J connectivity index is 3.37. The fraction of sp³-hybridized carbons (Fsp3) is 0.538. The van der Waals surface area contributed by atoms with Crippen LogP contribution in [0.25, 0.3) is 0 Å². The van der Waals surface area contributed by atoms with Crippen LogP contribution in [0.5, 0.6) is 5.75 Å². The summed E-state index contributed by atoms with van der Waals surface area (Å²) in [4.78, 5) is 0. The van der Waals surface area contributed by atoms with Crippen molar-refractivity contribution in [1.29, 1.82) is 0 Å². The lowest BCUT2D eigenvalue weighted by atomic mass is 9.88. The van der Waals surface area contributed by atoms with E-state index in [1.165, 1.54) is 5.56 Å². The standard InChI is InChI=1S/C13H21NO/c1-8(2)10-7-11(13(4,5)14)12(15)6-9(10)3/h6-8,15H,14H2,1-5H3. The maximum Gasteiger partial charge on any atom is 0.120 e. The Hall–Kier alpha value is -1.02. The van der Waals surface area contributed by atoms with E-state index in [1.54, 1.807) is 6.07 Å². The van der Waals surface area contributed by atoms with Crippen molar-refractivity contribution in [3.63, 3.8) is 0 Å². The van der Waals surface area contributed by atoms with Crippen LogP contribution in [0.3, 0.4) is 0 Å². The molecule has 0 saturated carbocycles. The van der Waals surface area contributed by atoms with Crippen molar-refractivity contribution in [2.45, 2.75) is 46.1 Å². The Morgan fingerprint density at radius 3 is 2.20 bits per heavy atom. The molecule has 0 unspecified atom stereocenters. The van der Waals surface area contributed by atoms with Crippen molar-refractivity contribution in [1.82, 2.24) is 0 Å². The van der Waals surface area contributed by atoms with E-state index in [9.17, 15) is 5.11 Å². The summed E-state index contributed by atoms with van der Waals surface area (Å²) in [5.74, 6) is 0.746. The third-order valence-corrected chi connectivity index (χ3v) is 2.70. The first-order valence-electron chi connectivity index (χ1n) is 5.36. The van der Waals surface area contributed by atoms with Crippen LogP contribution in [-0.4, -0.2) is 5.11 Å². The number of benzene rings is 1. The molecule has 1 rings (SSSR count). The molecule has 15 heavy (non-hydrogen) atoms. The van der Waals surface area contributed by atoms with Crippen molar-refractivity contribution in [3.8, 4) is 5.75 Å². The van der Waals surface area contributed by atoms with Gasteiger partial charge in [0.1, 0.15) is 5.75 Å². The second kappa shape index (κ2) is 3.86. The van der Waals surface area contributed by atoms with Crippen LogP contribution in [0.2, 0.25) is 0 Å². The Morgan fingerprint density at radius 2 is 1.80 bits per heavy atom. The van der Waals surface area contributed by atoms with Gasteiger partial charge in [0.25, 0.3) is 0 Å². The first-order valence-corrected chi connectivity index (χ1v) is 5.36. The zero-order valence-corrected chi connectivity index (χ0v) is 10.3. The molecule has 84 valence electrons. The molecule has 3 N–H and O–H groups in total. The summed E-state index contributed by atoms with van der Waals surface area (Å²) >= 11 is 0. The van der Waals surface area contributed by atoms with E-state index in [0.29, 0.717) is 11.7 Å². The van der Waals surface area contributed by atoms with Crippen molar-refractivity contribution in [3.05, 3.63) is 28.8 Å².